The van der Waals surface area contributed by atoms with Crippen LogP contribution in [0.1, 0.15) is 19.8 Å². The van der Waals surface area contributed by atoms with Gasteiger partial charge in [0.25, 0.3) is 5.22 Å². The average molecular weight is 382 g/mol. The summed E-state index contributed by atoms with van der Waals surface area (Å²) in [5, 5.41) is 3.45. The molecule has 2 heterocycles. The molecule has 0 radical (unpaired) electrons. The summed E-state index contributed by atoms with van der Waals surface area (Å²) in [7, 11) is 0. The van der Waals surface area contributed by atoms with Gasteiger partial charge in [-0.3, -0.25) is 4.79 Å². The van der Waals surface area contributed by atoms with E-state index in [1.807, 2.05) is 36.4 Å². The summed E-state index contributed by atoms with van der Waals surface area (Å²) in [6, 6.07) is 15.7. The van der Waals surface area contributed by atoms with Gasteiger partial charge < -0.3 is 14.6 Å². The molecule has 5 nitrogen and oxygen atoms in total. The van der Waals surface area contributed by atoms with Crippen LogP contribution in [0, 0.1) is 5.92 Å². The van der Waals surface area contributed by atoms with E-state index >= 15 is 0 Å². The molecule has 4 rings (SSSR count). The number of hydrogen-bond acceptors (Lipinski definition) is 5. The monoisotopic (exact) mass is 381 g/mol. The summed E-state index contributed by atoms with van der Waals surface area (Å²) >= 11 is 1.30. The van der Waals surface area contributed by atoms with E-state index in [4.69, 9.17) is 4.42 Å². The second-order valence-corrected chi connectivity index (χ2v) is 7.93. The number of anilines is 2. The predicted molar refractivity (Wildman–Crippen MR) is 110 cm³/mol. The van der Waals surface area contributed by atoms with Crippen LogP contribution in [0.3, 0.4) is 0 Å². The number of carbonyl (C=O) groups excluding carboxylic acids is 1. The van der Waals surface area contributed by atoms with Crippen LogP contribution in [0.2, 0.25) is 0 Å². The molecule has 0 saturated carbocycles. The Morgan fingerprint density at radius 1 is 1.19 bits per heavy atom. The van der Waals surface area contributed by atoms with Crippen LogP contribution >= 0.6 is 11.8 Å². The molecule has 0 aliphatic carbocycles. The Labute approximate surface area is 163 Å². The van der Waals surface area contributed by atoms with Gasteiger partial charge in [-0.05, 0) is 55.2 Å². The van der Waals surface area contributed by atoms with Crippen LogP contribution in [0.15, 0.2) is 58.2 Å². The number of oxazole rings is 1. The third kappa shape index (κ3) is 4.45. The number of rotatable bonds is 5. The number of amides is 1. The molecule has 1 N–H and O–H groups in total. The van der Waals surface area contributed by atoms with E-state index in [1.54, 1.807) is 0 Å². The summed E-state index contributed by atoms with van der Waals surface area (Å²) in [5.74, 6) is 1.01. The molecule has 3 aromatic rings. The number of nitrogens with zero attached hydrogens (tertiary/aromatic N) is 2. The molecule has 140 valence electrons. The second-order valence-electron chi connectivity index (χ2n) is 7.00. The SMILES string of the molecule is CC1CCN(c2ccc(NC(=O)CSc3nc4ccccc4o3)cc2)CC1. The summed E-state index contributed by atoms with van der Waals surface area (Å²) in [5.41, 5.74) is 3.58. The maximum atomic E-state index is 12.2. The van der Waals surface area contributed by atoms with Crippen molar-refractivity contribution in [2.45, 2.75) is 25.0 Å². The van der Waals surface area contributed by atoms with Gasteiger partial charge in [-0.2, -0.15) is 0 Å². The first-order chi connectivity index (χ1) is 13.2. The Morgan fingerprint density at radius 3 is 2.67 bits per heavy atom. The van der Waals surface area contributed by atoms with E-state index in [9.17, 15) is 4.79 Å². The third-order valence-electron chi connectivity index (χ3n) is 4.90. The lowest BCUT2D eigenvalue weighted by Gasteiger charge is -2.32. The highest BCUT2D eigenvalue weighted by atomic mass is 32.2. The van der Waals surface area contributed by atoms with Crippen LogP contribution < -0.4 is 10.2 Å². The first-order valence-corrected chi connectivity index (χ1v) is 10.3. The van der Waals surface area contributed by atoms with E-state index in [1.165, 1.54) is 30.3 Å². The van der Waals surface area contributed by atoms with Gasteiger partial charge in [-0.15, -0.1) is 0 Å². The summed E-state index contributed by atoms with van der Waals surface area (Å²) in [6.07, 6.45) is 2.48. The van der Waals surface area contributed by atoms with Crippen LogP contribution in [0.25, 0.3) is 11.1 Å². The minimum absolute atomic E-state index is 0.0678. The smallest absolute Gasteiger partial charge is 0.257 e. The fourth-order valence-corrected chi connectivity index (χ4v) is 3.90. The van der Waals surface area contributed by atoms with Crippen LogP contribution in [0.4, 0.5) is 11.4 Å². The van der Waals surface area contributed by atoms with E-state index in [-0.39, 0.29) is 11.7 Å². The summed E-state index contributed by atoms with van der Waals surface area (Å²) in [4.78, 5) is 19.0. The second kappa shape index (κ2) is 8.05. The first kappa shape index (κ1) is 17.9. The van der Waals surface area contributed by atoms with Crippen molar-refractivity contribution in [3.05, 3.63) is 48.5 Å². The number of benzene rings is 2. The van der Waals surface area contributed by atoms with Crippen LogP contribution in [0.5, 0.6) is 0 Å². The Morgan fingerprint density at radius 2 is 1.93 bits per heavy atom. The van der Waals surface area contributed by atoms with E-state index < -0.39 is 0 Å². The molecular weight excluding hydrogens is 358 g/mol. The van der Waals surface area contributed by atoms with Crippen molar-refractivity contribution < 1.29 is 9.21 Å². The van der Waals surface area contributed by atoms with Gasteiger partial charge in [-0.25, -0.2) is 4.98 Å². The van der Waals surface area contributed by atoms with Gasteiger partial charge in [-0.1, -0.05) is 30.8 Å². The number of nitrogens with one attached hydrogen (secondary N) is 1. The van der Waals surface area contributed by atoms with Crippen LogP contribution in [-0.2, 0) is 4.79 Å². The molecule has 0 unspecified atom stereocenters. The molecule has 1 aromatic heterocycles. The number of para-hydroxylation sites is 2. The summed E-state index contributed by atoms with van der Waals surface area (Å²) < 4.78 is 5.63. The minimum atomic E-state index is -0.0678. The molecule has 0 spiro atoms. The van der Waals surface area contributed by atoms with Gasteiger partial charge >= 0.3 is 0 Å². The highest BCUT2D eigenvalue weighted by Gasteiger charge is 2.16. The van der Waals surface area contributed by atoms with Crippen molar-refractivity contribution in [1.29, 1.82) is 0 Å². The lowest BCUT2D eigenvalue weighted by Crippen LogP contribution is -2.32. The van der Waals surface area contributed by atoms with Crippen LogP contribution in [-0.4, -0.2) is 29.7 Å². The maximum Gasteiger partial charge on any atom is 0.257 e. The molecule has 1 amide bonds. The largest absolute Gasteiger partial charge is 0.431 e. The number of thioether (sulfide) groups is 1. The van der Waals surface area contributed by atoms with Crippen molar-refractivity contribution in [2.24, 2.45) is 5.92 Å². The molecule has 27 heavy (non-hydrogen) atoms. The zero-order chi connectivity index (χ0) is 18.6. The molecule has 0 bridgehead atoms. The van der Waals surface area contributed by atoms with Crippen molar-refractivity contribution in [3.8, 4) is 0 Å². The minimum Gasteiger partial charge on any atom is -0.431 e. The van der Waals surface area contributed by atoms with Gasteiger partial charge in [0, 0.05) is 24.5 Å². The Bertz CT molecular complexity index is 882. The van der Waals surface area contributed by atoms with E-state index in [0.717, 1.165) is 35.8 Å². The zero-order valence-corrected chi connectivity index (χ0v) is 16.2. The molecule has 1 saturated heterocycles. The fourth-order valence-electron chi connectivity index (χ4n) is 3.26. The quantitative estimate of drug-likeness (QED) is 0.644. The average Bonchev–Trinajstić information content (AvgIpc) is 3.11. The van der Waals surface area contributed by atoms with Gasteiger partial charge in [0.15, 0.2) is 5.58 Å². The third-order valence-corrected chi connectivity index (χ3v) is 5.73. The molecular formula is C21H23N3O2S. The van der Waals surface area contributed by atoms with Gasteiger partial charge in [0.05, 0.1) is 5.75 Å². The normalized spacial score (nSPS) is 15.2. The maximum absolute atomic E-state index is 12.2. The number of carbonyl (C=O) groups is 1. The molecule has 1 aliphatic heterocycles. The molecule has 0 atom stereocenters. The highest BCUT2D eigenvalue weighted by Crippen LogP contribution is 2.25. The molecule has 6 heteroatoms. The van der Waals surface area contributed by atoms with Gasteiger partial charge in [0.2, 0.25) is 5.91 Å². The Kier molecular flexibility index (Phi) is 5.34. The topological polar surface area (TPSA) is 58.4 Å². The lowest BCUT2D eigenvalue weighted by atomic mass is 9.99. The molecule has 2 aromatic carbocycles. The predicted octanol–water partition coefficient (Wildman–Crippen LogP) is 4.79. The molecule has 1 fully saturated rings. The zero-order valence-electron chi connectivity index (χ0n) is 15.4. The number of aromatic nitrogens is 1. The first-order valence-electron chi connectivity index (χ1n) is 9.30. The highest BCUT2D eigenvalue weighted by molar-refractivity contribution is 7.99. The van der Waals surface area contributed by atoms with Gasteiger partial charge in [0.1, 0.15) is 5.52 Å². The number of piperidine rings is 1. The summed E-state index contributed by atoms with van der Waals surface area (Å²) in [6.45, 7) is 4.52. The standard InChI is InChI=1S/C21H23N3O2S/c1-15-10-12-24(13-11-15)17-8-6-16(7-9-17)22-20(25)14-27-21-23-18-4-2-3-5-19(18)26-21/h2-9,15H,10-14H2,1H3,(H,22,25). The Balaban J connectivity index is 1.30. The number of fused-ring (bicyclic) bond motifs is 1. The van der Waals surface area contributed by atoms with E-state index in [2.05, 4.69) is 34.3 Å². The van der Waals surface area contributed by atoms with Crippen molar-refractivity contribution in [1.82, 2.24) is 4.98 Å². The Hall–Kier alpha value is -2.47. The van der Waals surface area contributed by atoms with Crippen molar-refractivity contribution in [3.63, 3.8) is 0 Å². The number of hydrogen-bond donors (Lipinski definition) is 1. The fraction of sp³-hybridized carbons (Fsp3) is 0.333. The van der Waals surface area contributed by atoms with Crippen molar-refractivity contribution >= 4 is 40.1 Å². The lowest BCUT2D eigenvalue weighted by molar-refractivity contribution is -0.113. The molecule has 1 aliphatic rings. The van der Waals surface area contributed by atoms with E-state index in [0.29, 0.717) is 5.22 Å². The van der Waals surface area contributed by atoms with Crippen molar-refractivity contribution in [2.75, 3.05) is 29.1 Å².